The molecule has 6 nitrogen and oxygen atoms in total. The van der Waals surface area contributed by atoms with Gasteiger partial charge in [0, 0.05) is 34.1 Å². The molecule has 1 aliphatic rings. The first-order valence-electron chi connectivity index (χ1n) is 6.12. The third kappa shape index (κ3) is 3.23. The molecule has 1 saturated heterocycles. The SMILES string of the molecule is C[S@@](=O)c1ccc(C(=O)N2CCO[C@H](C(N)=O)C2)cc1. The van der Waals surface area contributed by atoms with Crippen LogP contribution in [0.2, 0.25) is 0 Å². The fourth-order valence-corrected chi connectivity index (χ4v) is 2.50. The summed E-state index contributed by atoms with van der Waals surface area (Å²) < 4.78 is 16.5. The van der Waals surface area contributed by atoms with Crippen molar-refractivity contribution < 1.29 is 18.5 Å². The highest BCUT2D eigenvalue weighted by atomic mass is 32.2. The van der Waals surface area contributed by atoms with Gasteiger partial charge < -0.3 is 15.4 Å². The van der Waals surface area contributed by atoms with E-state index in [9.17, 15) is 13.8 Å². The van der Waals surface area contributed by atoms with Crippen LogP contribution in [0.4, 0.5) is 0 Å². The van der Waals surface area contributed by atoms with Crippen LogP contribution in [0.5, 0.6) is 0 Å². The Kier molecular flexibility index (Phi) is 4.51. The van der Waals surface area contributed by atoms with Crippen molar-refractivity contribution in [2.45, 2.75) is 11.0 Å². The maximum absolute atomic E-state index is 12.3. The summed E-state index contributed by atoms with van der Waals surface area (Å²) in [6.07, 6.45) is 0.825. The van der Waals surface area contributed by atoms with Crippen LogP contribution in [0.15, 0.2) is 29.2 Å². The number of primary amides is 1. The Bertz CT molecular complexity index is 544. The zero-order valence-corrected chi connectivity index (χ0v) is 11.9. The molecule has 0 bridgehead atoms. The van der Waals surface area contributed by atoms with E-state index in [-0.39, 0.29) is 19.1 Å². The van der Waals surface area contributed by atoms with E-state index < -0.39 is 22.8 Å². The molecule has 0 aliphatic carbocycles. The highest BCUT2D eigenvalue weighted by Gasteiger charge is 2.28. The van der Waals surface area contributed by atoms with E-state index in [1.165, 1.54) is 4.90 Å². The number of hydrogen-bond acceptors (Lipinski definition) is 4. The summed E-state index contributed by atoms with van der Waals surface area (Å²) in [5.41, 5.74) is 5.68. The van der Waals surface area contributed by atoms with E-state index in [1.54, 1.807) is 30.5 Å². The van der Waals surface area contributed by atoms with Crippen LogP contribution in [0.3, 0.4) is 0 Å². The number of ether oxygens (including phenoxy) is 1. The Labute approximate surface area is 119 Å². The minimum absolute atomic E-state index is 0.162. The number of benzene rings is 1. The fraction of sp³-hybridized carbons (Fsp3) is 0.385. The van der Waals surface area contributed by atoms with Crippen molar-refractivity contribution >= 4 is 22.6 Å². The van der Waals surface area contributed by atoms with Crippen molar-refractivity contribution in [2.24, 2.45) is 5.73 Å². The number of rotatable bonds is 3. The summed E-state index contributed by atoms with van der Waals surface area (Å²) in [5, 5.41) is 0. The lowest BCUT2D eigenvalue weighted by atomic mass is 10.1. The molecule has 2 N–H and O–H groups in total. The summed E-state index contributed by atoms with van der Waals surface area (Å²) >= 11 is 0. The number of amides is 2. The Morgan fingerprint density at radius 2 is 2.00 bits per heavy atom. The average Bonchev–Trinajstić information content (AvgIpc) is 2.46. The summed E-state index contributed by atoms with van der Waals surface area (Å²) in [5.74, 6) is -0.757. The van der Waals surface area contributed by atoms with E-state index in [2.05, 4.69) is 0 Å². The number of morpholine rings is 1. The van der Waals surface area contributed by atoms with Gasteiger partial charge in [-0.2, -0.15) is 0 Å². The molecule has 1 aliphatic heterocycles. The molecule has 0 spiro atoms. The normalized spacial score (nSPS) is 20.4. The number of carbonyl (C=O) groups is 2. The molecule has 1 aromatic carbocycles. The van der Waals surface area contributed by atoms with Crippen LogP contribution in [-0.4, -0.2) is 53.0 Å². The monoisotopic (exact) mass is 296 g/mol. The smallest absolute Gasteiger partial charge is 0.254 e. The second-order valence-corrected chi connectivity index (χ2v) is 5.87. The van der Waals surface area contributed by atoms with Gasteiger partial charge in [-0.05, 0) is 24.3 Å². The number of hydrogen-bond donors (Lipinski definition) is 1. The van der Waals surface area contributed by atoms with Gasteiger partial charge in [0.1, 0.15) is 0 Å². The van der Waals surface area contributed by atoms with Gasteiger partial charge >= 0.3 is 0 Å². The standard InChI is InChI=1S/C13H16N2O4S/c1-20(18)10-4-2-9(3-5-10)13(17)15-6-7-19-11(8-15)12(14)16/h2-5,11H,6-8H2,1H3,(H2,14,16)/t11-,20+/m0/s1. The summed E-state index contributed by atoms with van der Waals surface area (Å²) in [7, 11) is -1.07. The van der Waals surface area contributed by atoms with Crippen molar-refractivity contribution in [2.75, 3.05) is 26.0 Å². The molecule has 0 saturated carbocycles. The summed E-state index contributed by atoms with van der Waals surface area (Å²) in [4.78, 5) is 25.6. The lowest BCUT2D eigenvalue weighted by Crippen LogP contribution is -2.50. The van der Waals surface area contributed by atoms with Gasteiger partial charge in [-0.15, -0.1) is 0 Å². The van der Waals surface area contributed by atoms with Gasteiger partial charge in [-0.25, -0.2) is 0 Å². The van der Waals surface area contributed by atoms with Crippen molar-refractivity contribution in [3.8, 4) is 0 Å². The van der Waals surface area contributed by atoms with Gasteiger partial charge in [-0.3, -0.25) is 13.8 Å². The van der Waals surface area contributed by atoms with E-state index in [0.717, 1.165) is 0 Å². The van der Waals surface area contributed by atoms with Crippen LogP contribution >= 0.6 is 0 Å². The molecular weight excluding hydrogens is 280 g/mol. The van der Waals surface area contributed by atoms with Gasteiger partial charge in [-0.1, -0.05) is 0 Å². The largest absolute Gasteiger partial charge is 0.367 e. The molecule has 7 heteroatoms. The van der Waals surface area contributed by atoms with E-state index >= 15 is 0 Å². The van der Waals surface area contributed by atoms with E-state index in [0.29, 0.717) is 17.0 Å². The van der Waals surface area contributed by atoms with Gasteiger partial charge in [0.15, 0.2) is 6.10 Å². The van der Waals surface area contributed by atoms with Gasteiger partial charge in [0.25, 0.3) is 5.91 Å². The van der Waals surface area contributed by atoms with Gasteiger partial charge in [0.2, 0.25) is 5.91 Å². The van der Waals surface area contributed by atoms with Crippen LogP contribution in [0.1, 0.15) is 10.4 Å². The second-order valence-electron chi connectivity index (χ2n) is 4.49. The van der Waals surface area contributed by atoms with E-state index in [4.69, 9.17) is 10.5 Å². The Hall–Kier alpha value is -1.73. The molecule has 2 atom stereocenters. The van der Waals surface area contributed by atoms with Crippen LogP contribution in [0.25, 0.3) is 0 Å². The summed E-state index contributed by atoms with van der Waals surface area (Å²) in [6, 6.07) is 6.59. The average molecular weight is 296 g/mol. The third-order valence-corrected chi connectivity index (χ3v) is 4.04. The molecule has 20 heavy (non-hydrogen) atoms. The highest BCUT2D eigenvalue weighted by molar-refractivity contribution is 7.84. The number of carbonyl (C=O) groups excluding carboxylic acids is 2. The molecule has 1 heterocycles. The van der Waals surface area contributed by atoms with Crippen molar-refractivity contribution in [1.29, 1.82) is 0 Å². The minimum Gasteiger partial charge on any atom is -0.367 e. The molecule has 108 valence electrons. The molecule has 2 rings (SSSR count). The Morgan fingerprint density at radius 3 is 2.55 bits per heavy atom. The maximum Gasteiger partial charge on any atom is 0.254 e. The van der Waals surface area contributed by atoms with Crippen LogP contribution < -0.4 is 5.73 Å². The predicted molar refractivity (Wildman–Crippen MR) is 73.6 cm³/mol. The highest BCUT2D eigenvalue weighted by Crippen LogP contribution is 2.13. The van der Waals surface area contributed by atoms with E-state index in [1.807, 2.05) is 0 Å². The molecular formula is C13H16N2O4S. The molecule has 0 unspecified atom stereocenters. The quantitative estimate of drug-likeness (QED) is 0.833. The van der Waals surface area contributed by atoms with Crippen molar-refractivity contribution in [1.82, 2.24) is 4.90 Å². The molecule has 0 radical (unpaired) electrons. The first kappa shape index (κ1) is 14.7. The van der Waals surface area contributed by atoms with Crippen LogP contribution in [-0.2, 0) is 20.3 Å². The molecule has 1 aromatic rings. The first-order chi connectivity index (χ1) is 9.49. The predicted octanol–water partition coefficient (Wildman–Crippen LogP) is -0.250. The van der Waals surface area contributed by atoms with Gasteiger partial charge in [0.05, 0.1) is 13.2 Å². The van der Waals surface area contributed by atoms with Crippen molar-refractivity contribution in [3.05, 3.63) is 29.8 Å². The summed E-state index contributed by atoms with van der Waals surface area (Å²) in [6.45, 7) is 0.871. The zero-order chi connectivity index (χ0) is 14.7. The van der Waals surface area contributed by atoms with Crippen LogP contribution in [0, 0.1) is 0 Å². The lowest BCUT2D eigenvalue weighted by molar-refractivity contribution is -0.133. The topological polar surface area (TPSA) is 89.7 Å². The molecule has 2 amide bonds. The first-order valence-corrected chi connectivity index (χ1v) is 7.68. The third-order valence-electron chi connectivity index (χ3n) is 3.10. The molecule has 0 aromatic heterocycles. The zero-order valence-electron chi connectivity index (χ0n) is 11.1. The van der Waals surface area contributed by atoms with Crippen molar-refractivity contribution in [3.63, 3.8) is 0 Å². The fourth-order valence-electron chi connectivity index (χ4n) is 1.98. The number of nitrogens with two attached hydrogens (primary N) is 1. The Balaban J connectivity index is 2.10. The number of nitrogens with zero attached hydrogens (tertiary/aromatic N) is 1. The molecule has 1 fully saturated rings. The second kappa shape index (κ2) is 6.15. The Morgan fingerprint density at radius 1 is 1.35 bits per heavy atom. The minimum atomic E-state index is -1.07. The maximum atomic E-state index is 12.3. The lowest BCUT2D eigenvalue weighted by Gasteiger charge is -2.31.